The first-order valence-electron chi connectivity index (χ1n) is 19.1. The molecular formula is C40H48N6O7S. The van der Waals surface area contributed by atoms with Crippen molar-refractivity contribution in [3.05, 3.63) is 65.9 Å². The molecule has 5 aliphatic rings. The minimum Gasteiger partial charge on any atom is -0.483 e. The third-order valence-electron chi connectivity index (χ3n) is 12.1. The Hall–Kier alpha value is -4.72. The fraction of sp³-hybridized carbons (Fsp3) is 0.525. The van der Waals surface area contributed by atoms with Gasteiger partial charge in [0.05, 0.1) is 29.6 Å². The van der Waals surface area contributed by atoms with Gasteiger partial charge in [0.1, 0.15) is 34.8 Å². The molecule has 5 heterocycles. The smallest absolute Gasteiger partial charge is 0.259 e. The number of aryl methyl sites for hydroxylation is 2. The molecule has 3 aromatic rings. The van der Waals surface area contributed by atoms with Gasteiger partial charge in [-0.1, -0.05) is 49.3 Å². The van der Waals surface area contributed by atoms with E-state index in [0.717, 1.165) is 47.8 Å². The molecule has 2 aromatic heterocycles. The van der Waals surface area contributed by atoms with E-state index in [1.165, 1.54) is 7.11 Å². The van der Waals surface area contributed by atoms with E-state index in [-0.39, 0.29) is 31.2 Å². The Labute approximate surface area is 315 Å². The van der Waals surface area contributed by atoms with Gasteiger partial charge in [-0.05, 0) is 77.3 Å². The van der Waals surface area contributed by atoms with E-state index in [2.05, 4.69) is 20.3 Å². The predicted octanol–water partition coefficient (Wildman–Crippen LogP) is 4.49. The molecule has 0 radical (unpaired) electrons. The number of carbonyl (C=O) groups excluding carboxylic acids is 3. The van der Waals surface area contributed by atoms with Gasteiger partial charge in [-0.2, -0.15) is 4.98 Å². The molecule has 14 heteroatoms. The van der Waals surface area contributed by atoms with E-state index >= 15 is 0 Å². The molecule has 13 nitrogen and oxygen atoms in total. The summed E-state index contributed by atoms with van der Waals surface area (Å²) < 4.78 is 40.0. The number of nitrogens with zero attached hydrogens (tertiary/aromatic N) is 3. The number of anilines is 1. The van der Waals surface area contributed by atoms with Gasteiger partial charge in [-0.3, -0.25) is 19.1 Å². The lowest BCUT2D eigenvalue weighted by Crippen LogP contribution is -2.58. The highest BCUT2D eigenvalue weighted by Crippen LogP contribution is 2.49. The fourth-order valence-corrected chi connectivity index (χ4v) is 9.74. The topological polar surface area (TPSA) is 169 Å². The summed E-state index contributed by atoms with van der Waals surface area (Å²) in [5, 5.41) is 7.36. The van der Waals surface area contributed by atoms with Gasteiger partial charge < -0.3 is 25.0 Å². The second-order valence-corrected chi connectivity index (χ2v) is 18.2. The molecule has 3 amide bonds. The van der Waals surface area contributed by atoms with Crippen LogP contribution in [0.1, 0.15) is 82.4 Å². The number of sulfonamides is 1. The highest BCUT2D eigenvalue weighted by molar-refractivity contribution is 7.91. The normalized spacial score (nSPS) is 29.7. The molecule has 0 unspecified atom stereocenters. The van der Waals surface area contributed by atoms with Gasteiger partial charge in [-0.15, -0.1) is 0 Å². The van der Waals surface area contributed by atoms with Gasteiger partial charge >= 0.3 is 0 Å². The molecule has 54 heavy (non-hydrogen) atoms. The van der Waals surface area contributed by atoms with Crippen molar-refractivity contribution in [3.8, 4) is 11.6 Å². The maximum absolute atomic E-state index is 14.9. The molecule has 1 spiro atoms. The van der Waals surface area contributed by atoms with Gasteiger partial charge in [-0.25, -0.2) is 13.4 Å². The largest absolute Gasteiger partial charge is 0.483 e. The van der Waals surface area contributed by atoms with Crippen LogP contribution in [0.2, 0.25) is 0 Å². The monoisotopic (exact) mass is 756 g/mol. The van der Waals surface area contributed by atoms with Crippen LogP contribution in [0.15, 0.2) is 54.6 Å². The van der Waals surface area contributed by atoms with Crippen molar-refractivity contribution in [3.63, 3.8) is 0 Å². The number of nitrogens with one attached hydrogen (secondary N) is 3. The van der Waals surface area contributed by atoms with Crippen molar-refractivity contribution in [1.29, 1.82) is 0 Å². The molecule has 5 atom stereocenters. The number of allylic oxidation sites excluding steroid dienone is 1. The molecule has 0 bridgehead atoms. The Morgan fingerprint density at radius 3 is 2.65 bits per heavy atom. The van der Waals surface area contributed by atoms with Crippen molar-refractivity contribution in [1.82, 2.24) is 24.9 Å². The second-order valence-electron chi connectivity index (χ2n) is 16.0. The van der Waals surface area contributed by atoms with Gasteiger partial charge in [0.15, 0.2) is 0 Å². The number of rotatable bonds is 6. The standard InChI is InChI=1S/C40H48N6O7S/c1-25-34-28(27-13-9-10-14-29(27)41-25)18-19-39(53-34)23-31-35(47)44-40(37(49)45-54(50,51)38(2)20-21-38)22-26(40)12-7-5-4-6-8-15-30(36(48)46(31)24-39)42-32-16-11-17-33(43-32)52-3/h7,9-14,16-17,26,30-31H,4-6,8,15,18-24H2,1-3H3,(H,42,43)(H,44,47)(H,45,49)/b12-7-/t26-,30+,31+,39-,40-/m1/s1. The molecule has 3 aliphatic heterocycles. The van der Waals surface area contributed by atoms with Crippen LogP contribution in [0.4, 0.5) is 5.82 Å². The number of ether oxygens (including phenoxy) is 2. The number of benzene rings is 1. The first-order chi connectivity index (χ1) is 25.9. The lowest BCUT2D eigenvalue weighted by molar-refractivity contribution is -0.140. The number of fused-ring (bicyclic) bond motifs is 5. The first kappa shape index (κ1) is 36.3. The summed E-state index contributed by atoms with van der Waals surface area (Å²) in [4.78, 5) is 54.5. The maximum Gasteiger partial charge on any atom is 0.259 e. The lowest BCUT2D eigenvalue weighted by Gasteiger charge is -2.36. The van der Waals surface area contributed by atoms with Crippen molar-refractivity contribution in [2.75, 3.05) is 19.0 Å². The van der Waals surface area contributed by atoms with E-state index in [1.54, 1.807) is 30.0 Å². The van der Waals surface area contributed by atoms with Gasteiger partial charge in [0, 0.05) is 29.4 Å². The van der Waals surface area contributed by atoms with Crippen LogP contribution in [0.3, 0.4) is 0 Å². The third-order valence-corrected chi connectivity index (χ3v) is 14.3. The minimum absolute atomic E-state index is 0.147. The zero-order valence-corrected chi connectivity index (χ0v) is 31.8. The molecule has 2 aliphatic carbocycles. The third kappa shape index (κ3) is 6.56. The first-order valence-corrected chi connectivity index (χ1v) is 20.6. The fourth-order valence-electron chi connectivity index (χ4n) is 8.43. The molecule has 8 rings (SSSR count). The van der Waals surface area contributed by atoms with E-state index < -0.39 is 49.8 Å². The van der Waals surface area contributed by atoms with Crippen LogP contribution < -0.4 is 24.8 Å². The number of carbonyl (C=O) groups is 3. The number of aromatic nitrogens is 2. The molecular weight excluding hydrogens is 709 g/mol. The maximum atomic E-state index is 14.9. The summed E-state index contributed by atoms with van der Waals surface area (Å²) in [7, 11) is -2.43. The van der Waals surface area contributed by atoms with E-state index in [4.69, 9.17) is 14.5 Å². The van der Waals surface area contributed by atoms with Crippen LogP contribution >= 0.6 is 0 Å². The van der Waals surface area contributed by atoms with Gasteiger partial charge in [0.25, 0.3) is 5.91 Å². The molecule has 3 N–H and O–H groups in total. The van der Waals surface area contributed by atoms with Crippen LogP contribution in [0.5, 0.6) is 11.6 Å². The van der Waals surface area contributed by atoms with Crippen LogP contribution in [-0.2, 0) is 30.8 Å². The number of hydrogen-bond donors (Lipinski definition) is 3. The van der Waals surface area contributed by atoms with E-state index in [9.17, 15) is 22.8 Å². The molecule has 3 fully saturated rings. The highest BCUT2D eigenvalue weighted by Gasteiger charge is 2.64. The van der Waals surface area contributed by atoms with Crippen LogP contribution in [0, 0.1) is 12.8 Å². The van der Waals surface area contributed by atoms with Crippen molar-refractivity contribution in [2.24, 2.45) is 5.92 Å². The van der Waals surface area contributed by atoms with Crippen molar-refractivity contribution >= 4 is 44.5 Å². The number of methoxy groups -OCH3 is 1. The highest BCUT2D eigenvalue weighted by atomic mass is 32.2. The molecule has 1 saturated heterocycles. The summed E-state index contributed by atoms with van der Waals surface area (Å²) >= 11 is 0. The Balaban J connectivity index is 1.15. The zero-order chi connectivity index (χ0) is 37.9. The number of pyridine rings is 2. The Kier molecular flexibility index (Phi) is 9.09. The van der Waals surface area contributed by atoms with Crippen LogP contribution in [-0.4, -0.2) is 82.6 Å². The SMILES string of the molecule is COc1cccc(N[C@H]2CCCCC/C=C\[C@@H]3C[C@@]3(C(=O)NS(=O)(=O)C3(C)CC3)NC(=O)[C@@H]3C[C@]4(CCc5c(c(C)nc6ccccc56)O4)CN3C2=O)n1. The molecule has 286 valence electrons. The molecule has 2 saturated carbocycles. The minimum atomic E-state index is -3.96. The summed E-state index contributed by atoms with van der Waals surface area (Å²) in [6, 6.07) is 11.6. The summed E-state index contributed by atoms with van der Waals surface area (Å²) in [6.45, 7) is 3.68. The Morgan fingerprint density at radius 2 is 1.85 bits per heavy atom. The predicted molar refractivity (Wildman–Crippen MR) is 202 cm³/mol. The van der Waals surface area contributed by atoms with Crippen LogP contribution in [0.25, 0.3) is 10.9 Å². The average Bonchev–Trinajstić information content (AvgIpc) is 4.05. The lowest BCUT2D eigenvalue weighted by atomic mass is 9.87. The number of amides is 3. The van der Waals surface area contributed by atoms with Crippen molar-refractivity contribution in [2.45, 2.75) is 112 Å². The van der Waals surface area contributed by atoms with E-state index in [1.807, 2.05) is 43.3 Å². The van der Waals surface area contributed by atoms with Gasteiger partial charge in [0.2, 0.25) is 27.7 Å². The molecule has 1 aromatic carbocycles. The average molecular weight is 757 g/mol. The summed E-state index contributed by atoms with van der Waals surface area (Å²) in [5.74, 6) is -0.371. The summed E-state index contributed by atoms with van der Waals surface area (Å²) in [5.41, 5.74) is 0.322. The quantitative estimate of drug-likeness (QED) is 0.305. The summed E-state index contributed by atoms with van der Waals surface area (Å²) in [6.07, 6.45) is 10.3. The number of hydrogen-bond acceptors (Lipinski definition) is 10. The van der Waals surface area contributed by atoms with E-state index in [0.29, 0.717) is 49.6 Å². The second kappa shape index (κ2) is 13.5. The number of para-hydroxylation sites is 1. The van der Waals surface area contributed by atoms with Crippen molar-refractivity contribution < 1.29 is 32.3 Å². The Morgan fingerprint density at radius 1 is 1.04 bits per heavy atom. The Bertz CT molecular complexity index is 2150. The zero-order valence-electron chi connectivity index (χ0n) is 31.0.